The molecule has 0 atom stereocenters. The maximum Gasteiger partial charge on any atom is 0.321 e. The van der Waals surface area contributed by atoms with Crippen molar-refractivity contribution in [3.8, 4) is 5.75 Å². The standard InChI is InChI=1S/C18H20FN3O2/c1-24-17-4-2-3-16(13-17)21-9-11-22(12-10-21)18(23)20-15-7-5-14(19)6-8-15/h2-8,13H,9-12H2,1H3,(H,20,23). The summed E-state index contributed by atoms with van der Waals surface area (Å²) in [6.07, 6.45) is 0. The normalized spacial score (nSPS) is 14.4. The SMILES string of the molecule is COc1cccc(N2CCN(C(=O)Nc3ccc(F)cc3)CC2)c1. The molecule has 2 amide bonds. The lowest BCUT2D eigenvalue weighted by atomic mass is 10.2. The summed E-state index contributed by atoms with van der Waals surface area (Å²) in [6, 6.07) is 13.5. The van der Waals surface area contributed by atoms with Crippen LogP contribution in [0.3, 0.4) is 0 Å². The zero-order chi connectivity index (χ0) is 16.9. The lowest BCUT2D eigenvalue weighted by Gasteiger charge is -2.36. The first-order valence-electron chi connectivity index (χ1n) is 7.86. The highest BCUT2D eigenvalue weighted by atomic mass is 19.1. The number of rotatable bonds is 3. The minimum absolute atomic E-state index is 0.160. The molecule has 1 heterocycles. The van der Waals surface area contributed by atoms with E-state index in [2.05, 4.69) is 10.2 Å². The van der Waals surface area contributed by atoms with Gasteiger partial charge in [-0.2, -0.15) is 0 Å². The second-order valence-corrected chi connectivity index (χ2v) is 5.61. The summed E-state index contributed by atoms with van der Waals surface area (Å²) < 4.78 is 18.2. The Labute approximate surface area is 140 Å². The van der Waals surface area contributed by atoms with Gasteiger partial charge in [-0.05, 0) is 36.4 Å². The molecule has 1 saturated heterocycles. The first-order valence-corrected chi connectivity index (χ1v) is 7.86. The number of methoxy groups -OCH3 is 1. The van der Waals surface area contributed by atoms with Gasteiger partial charge in [0.1, 0.15) is 11.6 Å². The van der Waals surface area contributed by atoms with Crippen LogP contribution >= 0.6 is 0 Å². The third-order valence-electron chi connectivity index (χ3n) is 4.08. The number of halogens is 1. The van der Waals surface area contributed by atoms with Crippen LogP contribution in [0.15, 0.2) is 48.5 Å². The second-order valence-electron chi connectivity index (χ2n) is 5.61. The number of urea groups is 1. The Hall–Kier alpha value is -2.76. The molecular weight excluding hydrogens is 309 g/mol. The van der Waals surface area contributed by atoms with Crippen LogP contribution in [0.2, 0.25) is 0 Å². The maximum absolute atomic E-state index is 12.9. The Morgan fingerprint density at radius 1 is 1.08 bits per heavy atom. The van der Waals surface area contributed by atoms with Gasteiger partial charge in [0.05, 0.1) is 7.11 Å². The molecule has 126 valence electrons. The molecule has 6 heteroatoms. The number of carbonyl (C=O) groups is 1. The molecule has 3 rings (SSSR count). The monoisotopic (exact) mass is 329 g/mol. The Morgan fingerprint density at radius 3 is 2.46 bits per heavy atom. The summed E-state index contributed by atoms with van der Waals surface area (Å²) in [6.45, 7) is 2.77. The van der Waals surface area contributed by atoms with E-state index in [1.807, 2.05) is 24.3 Å². The molecule has 1 fully saturated rings. The highest BCUT2D eigenvalue weighted by Crippen LogP contribution is 2.22. The molecule has 24 heavy (non-hydrogen) atoms. The molecule has 0 unspecified atom stereocenters. The summed E-state index contributed by atoms with van der Waals surface area (Å²) in [5, 5.41) is 2.79. The van der Waals surface area contributed by atoms with Crippen molar-refractivity contribution in [2.24, 2.45) is 0 Å². The largest absolute Gasteiger partial charge is 0.497 e. The van der Waals surface area contributed by atoms with E-state index < -0.39 is 0 Å². The third-order valence-corrected chi connectivity index (χ3v) is 4.08. The van der Waals surface area contributed by atoms with Crippen molar-refractivity contribution >= 4 is 17.4 Å². The zero-order valence-electron chi connectivity index (χ0n) is 13.5. The van der Waals surface area contributed by atoms with E-state index in [1.165, 1.54) is 12.1 Å². The molecule has 1 N–H and O–H groups in total. The Morgan fingerprint density at radius 2 is 1.79 bits per heavy atom. The summed E-state index contributed by atoms with van der Waals surface area (Å²) in [5.74, 6) is 0.504. The highest BCUT2D eigenvalue weighted by Gasteiger charge is 2.21. The lowest BCUT2D eigenvalue weighted by molar-refractivity contribution is 0.208. The van der Waals surface area contributed by atoms with Crippen LogP contribution in [0, 0.1) is 5.82 Å². The number of ether oxygens (including phenoxy) is 1. The van der Waals surface area contributed by atoms with Gasteiger partial charge < -0.3 is 19.9 Å². The highest BCUT2D eigenvalue weighted by molar-refractivity contribution is 5.89. The van der Waals surface area contributed by atoms with E-state index in [0.29, 0.717) is 18.8 Å². The summed E-state index contributed by atoms with van der Waals surface area (Å²) in [4.78, 5) is 16.3. The summed E-state index contributed by atoms with van der Waals surface area (Å²) >= 11 is 0. The van der Waals surface area contributed by atoms with E-state index in [1.54, 1.807) is 24.1 Å². The Kier molecular flexibility index (Phi) is 4.84. The van der Waals surface area contributed by atoms with Gasteiger partial charge in [-0.3, -0.25) is 0 Å². The first-order chi connectivity index (χ1) is 11.7. The van der Waals surface area contributed by atoms with Crippen molar-refractivity contribution in [2.75, 3.05) is 43.5 Å². The van der Waals surface area contributed by atoms with E-state index in [0.717, 1.165) is 24.5 Å². The number of carbonyl (C=O) groups excluding carboxylic acids is 1. The van der Waals surface area contributed by atoms with Crippen LogP contribution in [0.5, 0.6) is 5.75 Å². The van der Waals surface area contributed by atoms with Gasteiger partial charge >= 0.3 is 6.03 Å². The Balaban J connectivity index is 1.56. The van der Waals surface area contributed by atoms with Gasteiger partial charge in [0, 0.05) is 43.6 Å². The third kappa shape index (κ3) is 3.76. The molecule has 1 aliphatic rings. The maximum atomic E-state index is 12.9. The summed E-state index contributed by atoms with van der Waals surface area (Å²) in [7, 11) is 1.65. The molecule has 2 aromatic carbocycles. The van der Waals surface area contributed by atoms with Gasteiger partial charge in [0.25, 0.3) is 0 Å². The Bertz CT molecular complexity index is 698. The van der Waals surface area contributed by atoms with E-state index in [4.69, 9.17) is 4.74 Å². The average molecular weight is 329 g/mol. The number of anilines is 2. The molecule has 0 aromatic heterocycles. The number of amides is 2. The van der Waals surface area contributed by atoms with Gasteiger partial charge in [-0.25, -0.2) is 9.18 Å². The first kappa shape index (κ1) is 16.1. The fourth-order valence-corrected chi connectivity index (χ4v) is 2.71. The fraction of sp³-hybridized carbons (Fsp3) is 0.278. The van der Waals surface area contributed by atoms with Crippen LogP contribution in [0.25, 0.3) is 0 Å². The molecule has 0 radical (unpaired) electrons. The van der Waals surface area contributed by atoms with Crippen LogP contribution in [0.1, 0.15) is 0 Å². The number of hydrogen-bond acceptors (Lipinski definition) is 3. The van der Waals surface area contributed by atoms with Crippen molar-refractivity contribution in [2.45, 2.75) is 0 Å². The van der Waals surface area contributed by atoms with Gasteiger partial charge in [-0.15, -0.1) is 0 Å². The molecule has 0 spiro atoms. The van der Waals surface area contributed by atoms with Crippen LogP contribution in [0.4, 0.5) is 20.6 Å². The van der Waals surface area contributed by atoms with Crippen LogP contribution in [-0.2, 0) is 0 Å². The molecule has 2 aromatic rings. The minimum atomic E-state index is -0.320. The molecule has 0 bridgehead atoms. The lowest BCUT2D eigenvalue weighted by Crippen LogP contribution is -2.50. The quantitative estimate of drug-likeness (QED) is 0.940. The predicted octanol–water partition coefficient (Wildman–Crippen LogP) is 3.19. The van der Waals surface area contributed by atoms with Crippen molar-refractivity contribution in [3.63, 3.8) is 0 Å². The molecule has 5 nitrogen and oxygen atoms in total. The topological polar surface area (TPSA) is 44.8 Å². The fourth-order valence-electron chi connectivity index (χ4n) is 2.71. The number of piperazine rings is 1. The molecule has 0 saturated carbocycles. The molecule has 0 aliphatic carbocycles. The zero-order valence-corrected chi connectivity index (χ0v) is 13.5. The molecular formula is C18H20FN3O2. The van der Waals surface area contributed by atoms with Gasteiger partial charge in [0.2, 0.25) is 0 Å². The van der Waals surface area contributed by atoms with Crippen LogP contribution < -0.4 is 15.0 Å². The van der Waals surface area contributed by atoms with Crippen LogP contribution in [-0.4, -0.2) is 44.2 Å². The average Bonchev–Trinajstić information content (AvgIpc) is 2.64. The van der Waals surface area contributed by atoms with Crippen molar-refractivity contribution in [1.29, 1.82) is 0 Å². The number of benzene rings is 2. The van der Waals surface area contributed by atoms with Crippen molar-refractivity contribution in [3.05, 3.63) is 54.3 Å². The van der Waals surface area contributed by atoms with Crippen molar-refractivity contribution in [1.82, 2.24) is 4.90 Å². The number of nitrogens with one attached hydrogen (secondary N) is 1. The summed E-state index contributed by atoms with van der Waals surface area (Å²) in [5.41, 5.74) is 1.68. The van der Waals surface area contributed by atoms with E-state index in [9.17, 15) is 9.18 Å². The van der Waals surface area contributed by atoms with E-state index in [-0.39, 0.29) is 11.8 Å². The van der Waals surface area contributed by atoms with Crippen molar-refractivity contribution < 1.29 is 13.9 Å². The second kappa shape index (κ2) is 7.21. The molecule has 1 aliphatic heterocycles. The van der Waals surface area contributed by atoms with E-state index >= 15 is 0 Å². The smallest absolute Gasteiger partial charge is 0.321 e. The van der Waals surface area contributed by atoms with Gasteiger partial charge in [0.15, 0.2) is 0 Å². The minimum Gasteiger partial charge on any atom is -0.497 e. The predicted molar refractivity (Wildman–Crippen MR) is 92.2 cm³/mol. The number of nitrogens with zero attached hydrogens (tertiary/aromatic N) is 2. The van der Waals surface area contributed by atoms with Gasteiger partial charge in [-0.1, -0.05) is 6.07 Å². The number of hydrogen-bond donors (Lipinski definition) is 1.